The maximum absolute atomic E-state index is 11.7. The Bertz CT molecular complexity index is 586. The summed E-state index contributed by atoms with van der Waals surface area (Å²) in [5.74, 6) is 0.536. The van der Waals surface area contributed by atoms with Gasteiger partial charge in [0.15, 0.2) is 11.5 Å². The van der Waals surface area contributed by atoms with Gasteiger partial charge in [-0.1, -0.05) is 0 Å². The van der Waals surface area contributed by atoms with Crippen LogP contribution in [0.5, 0.6) is 11.5 Å². The summed E-state index contributed by atoms with van der Waals surface area (Å²) >= 11 is 3.42. The summed E-state index contributed by atoms with van der Waals surface area (Å²) in [6, 6.07) is 3.60. The van der Waals surface area contributed by atoms with Gasteiger partial charge in [-0.05, 0) is 46.6 Å². The van der Waals surface area contributed by atoms with E-state index in [1.807, 2.05) is 13.0 Å². The molecule has 0 radical (unpaired) electrons. The predicted octanol–water partition coefficient (Wildman–Crippen LogP) is 2.55. The lowest BCUT2D eigenvalue weighted by molar-refractivity contribution is -0.140. The van der Waals surface area contributed by atoms with Gasteiger partial charge in [0.25, 0.3) is 0 Å². The lowest BCUT2D eigenvalue weighted by Gasteiger charge is -2.12. The number of carbonyl (C=O) groups is 2. The number of methoxy groups -OCH3 is 2. The van der Waals surface area contributed by atoms with Crippen LogP contribution in [0.25, 0.3) is 6.08 Å². The van der Waals surface area contributed by atoms with Crippen LogP contribution in [0.2, 0.25) is 0 Å². The molecule has 0 fully saturated rings. The van der Waals surface area contributed by atoms with Crippen LogP contribution in [0.3, 0.4) is 0 Å². The molecule has 1 N–H and O–H groups in total. The van der Waals surface area contributed by atoms with Crippen LogP contribution in [-0.2, 0) is 14.3 Å². The molecule has 0 aliphatic rings. The number of amides is 1. The molecule has 0 saturated carbocycles. The molecule has 0 saturated heterocycles. The van der Waals surface area contributed by atoms with E-state index < -0.39 is 0 Å². The van der Waals surface area contributed by atoms with Gasteiger partial charge >= 0.3 is 5.97 Å². The van der Waals surface area contributed by atoms with Crippen molar-refractivity contribution in [1.82, 2.24) is 5.32 Å². The van der Waals surface area contributed by atoms with E-state index in [1.165, 1.54) is 13.2 Å². The van der Waals surface area contributed by atoms with E-state index in [0.717, 1.165) is 10.0 Å². The van der Waals surface area contributed by atoms with Gasteiger partial charge in [0, 0.05) is 12.6 Å². The number of carbonyl (C=O) groups excluding carboxylic acids is 2. The first-order chi connectivity index (χ1) is 11.0. The minimum absolute atomic E-state index is 0.137. The highest BCUT2D eigenvalue weighted by molar-refractivity contribution is 9.10. The molecule has 0 aliphatic carbocycles. The summed E-state index contributed by atoms with van der Waals surface area (Å²) in [4.78, 5) is 22.6. The van der Waals surface area contributed by atoms with Gasteiger partial charge in [0.1, 0.15) is 0 Å². The smallest absolute Gasteiger partial charge is 0.307 e. The Balaban J connectivity index is 2.70. The fourth-order valence-corrected chi connectivity index (χ4v) is 2.32. The zero-order valence-electron chi connectivity index (χ0n) is 13.3. The maximum Gasteiger partial charge on any atom is 0.307 e. The molecule has 0 spiro atoms. The molecule has 0 unspecified atom stereocenters. The number of rotatable bonds is 8. The van der Waals surface area contributed by atoms with Gasteiger partial charge < -0.3 is 19.5 Å². The average Bonchev–Trinajstić information content (AvgIpc) is 2.54. The molecule has 1 aromatic rings. The zero-order valence-corrected chi connectivity index (χ0v) is 14.9. The van der Waals surface area contributed by atoms with Crippen molar-refractivity contribution in [3.05, 3.63) is 28.2 Å². The fourth-order valence-electron chi connectivity index (χ4n) is 1.74. The van der Waals surface area contributed by atoms with Crippen LogP contribution in [0.4, 0.5) is 0 Å². The molecule has 126 valence electrons. The van der Waals surface area contributed by atoms with Crippen molar-refractivity contribution in [3.8, 4) is 11.5 Å². The molecular formula is C16H20BrNO5. The van der Waals surface area contributed by atoms with Crippen molar-refractivity contribution >= 4 is 33.9 Å². The molecular weight excluding hydrogens is 366 g/mol. The Morgan fingerprint density at radius 2 is 2.04 bits per heavy atom. The third-order valence-electron chi connectivity index (χ3n) is 2.82. The second-order valence-corrected chi connectivity index (χ2v) is 5.27. The van der Waals surface area contributed by atoms with Crippen LogP contribution in [0.15, 0.2) is 22.7 Å². The van der Waals surface area contributed by atoms with E-state index in [4.69, 9.17) is 9.47 Å². The molecule has 0 heterocycles. The molecule has 0 bridgehead atoms. The number of esters is 1. The summed E-state index contributed by atoms with van der Waals surface area (Å²) in [5, 5.41) is 2.60. The van der Waals surface area contributed by atoms with E-state index in [2.05, 4.69) is 26.0 Å². The number of halogens is 1. The lowest BCUT2D eigenvalue weighted by Crippen LogP contribution is -2.24. The normalized spacial score (nSPS) is 10.4. The largest absolute Gasteiger partial charge is 0.493 e. The number of nitrogens with one attached hydrogen (secondary N) is 1. The van der Waals surface area contributed by atoms with E-state index in [9.17, 15) is 9.59 Å². The predicted molar refractivity (Wildman–Crippen MR) is 90.5 cm³/mol. The Kier molecular flexibility index (Phi) is 8.18. The summed E-state index contributed by atoms with van der Waals surface area (Å²) in [7, 11) is 2.86. The molecule has 1 aromatic carbocycles. The third kappa shape index (κ3) is 6.32. The molecule has 7 heteroatoms. The first-order valence-electron chi connectivity index (χ1n) is 7.04. The topological polar surface area (TPSA) is 73.9 Å². The van der Waals surface area contributed by atoms with E-state index in [0.29, 0.717) is 18.1 Å². The number of ether oxygens (including phenoxy) is 3. The third-order valence-corrected chi connectivity index (χ3v) is 3.41. The van der Waals surface area contributed by atoms with Crippen LogP contribution in [-0.4, -0.2) is 39.2 Å². The van der Waals surface area contributed by atoms with Gasteiger partial charge in [-0.15, -0.1) is 0 Å². The summed E-state index contributed by atoms with van der Waals surface area (Å²) < 4.78 is 16.0. The quantitative estimate of drug-likeness (QED) is 0.549. The maximum atomic E-state index is 11.7. The summed E-state index contributed by atoms with van der Waals surface area (Å²) in [6.45, 7) is 2.64. The molecule has 1 rings (SSSR count). The van der Waals surface area contributed by atoms with Crippen molar-refractivity contribution in [3.63, 3.8) is 0 Å². The number of hydrogen-bond acceptors (Lipinski definition) is 5. The Labute approximate surface area is 143 Å². The monoisotopic (exact) mass is 385 g/mol. The molecule has 0 aromatic heterocycles. The number of benzene rings is 1. The Hall–Kier alpha value is -2.02. The van der Waals surface area contributed by atoms with Crippen LogP contribution < -0.4 is 14.8 Å². The van der Waals surface area contributed by atoms with E-state index >= 15 is 0 Å². The van der Waals surface area contributed by atoms with Crippen molar-refractivity contribution in [2.45, 2.75) is 13.3 Å². The van der Waals surface area contributed by atoms with Gasteiger partial charge in [-0.25, -0.2) is 0 Å². The highest BCUT2D eigenvalue weighted by Crippen LogP contribution is 2.36. The highest BCUT2D eigenvalue weighted by atomic mass is 79.9. The standard InChI is InChI=1S/C16H20BrNO5/c1-4-23-16-12(17)9-11(10-13(16)21-2)5-6-14(19)18-8-7-15(20)22-3/h5-6,9-10H,4,7-8H2,1-3H3,(H,18,19)/b6-5+. The fraction of sp³-hybridized carbons (Fsp3) is 0.375. The highest BCUT2D eigenvalue weighted by Gasteiger charge is 2.10. The zero-order chi connectivity index (χ0) is 17.2. The summed E-state index contributed by atoms with van der Waals surface area (Å²) in [6.07, 6.45) is 3.17. The Morgan fingerprint density at radius 3 is 2.65 bits per heavy atom. The van der Waals surface area contributed by atoms with Gasteiger partial charge in [-0.3, -0.25) is 9.59 Å². The average molecular weight is 386 g/mol. The minimum atomic E-state index is -0.366. The van der Waals surface area contributed by atoms with Crippen LogP contribution in [0.1, 0.15) is 18.9 Å². The Morgan fingerprint density at radius 1 is 1.30 bits per heavy atom. The second-order valence-electron chi connectivity index (χ2n) is 4.42. The molecule has 0 aliphatic heterocycles. The molecule has 0 atom stereocenters. The molecule has 6 nitrogen and oxygen atoms in total. The SMILES string of the molecule is CCOc1c(Br)cc(/C=C/C(=O)NCCC(=O)OC)cc1OC. The minimum Gasteiger partial charge on any atom is -0.493 e. The van der Waals surface area contributed by atoms with Gasteiger partial charge in [0.2, 0.25) is 5.91 Å². The van der Waals surface area contributed by atoms with E-state index in [1.54, 1.807) is 19.3 Å². The first-order valence-corrected chi connectivity index (χ1v) is 7.84. The van der Waals surface area contributed by atoms with Crippen molar-refractivity contribution in [1.29, 1.82) is 0 Å². The van der Waals surface area contributed by atoms with Crippen LogP contribution >= 0.6 is 15.9 Å². The summed E-state index contributed by atoms with van der Waals surface area (Å²) in [5.41, 5.74) is 0.778. The lowest BCUT2D eigenvalue weighted by atomic mass is 10.2. The van der Waals surface area contributed by atoms with Gasteiger partial charge in [0.05, 0.1) is 31.7 Å². The van der Waals surface area contributed by atoms with Crippen LogP contribution in [0, 0.1) is 0 Å². The van der Waals surface area contributed by atoms with Gasteiger partial charge in [-0.2, -0.15) is 0 Å². The second kappa shape index (κ2) is 9.89. The molecule has 23 heavy (non-hydrogen) atoms. The number of hydrogen-bond donors (Lipinski definition) is 1. The van der Waals surface area contributed by atoms with Crippen molar-refractivity contribution in [2.24, 2.45) is 0 Å². The van der Waals surface area contributed by atoms with Crippen molar-refractivity contribution in [2.75, 3.05) is 27.4 Å². The molecule has 1 amide bonds. The van der Waals surface area contributed by atoms with E-state index in [-0.39, 0.29) is 24.8 Å². The van der Waals surface area contributed by atoms with Crippen molar-refractivity contribution < 1.29 is 23.8 Å². The first kappa shape index (κ1) is 19.0.